The topological polar surface area (TPSA) is 52.6 Å². The molecule has 0 amide bonds. The van der Waals surface area contributed by atoms with Crippen molar-refractivity contribution in [1.29, 1.82) is 0 Å². The van der Waals surface area contributed by atoms with Crippen LogP contribution in [0, 0.1) is 33.5 Å². The van der Waals surface area contributed by atoms with Crippen LogP contribution in [0.15, 0.2) is 23.8 Å². The summed E-state index contributed by atoms with van der Waals surface area (Å²) in [7, 11) is 1.46. The first-order valence-corrected chi connectivity index (χ1v) is 11.7. The van der Waals surface area contributed by atoms with E-state index < -0.39 is 11.5 Å². The Kier molecular flexibility index (Phi) is 5.03. The van der Waals surface area contributed by atoms with E-state index in [-0.39, 0.29) is 28.7 Å². The Bertz CT molecular complexity index is 812. The fraction of sp³-hybridized carbons (Fsp3) is 0.769. The zero-order valence-electron chi connectivity index (χ0n) is 19.5. The average molecular weight is 415 g/mol. The lowest BCUT2D eigenvalue weighted by Gasteiger charge is -2.65. The molecular weight excluding hydrogens is 376 g/mol. The van der Waals surface area contributed by atoms with Crippen LogP contribution in [0.3, 0.4) is 0 Å². The molecule has 0 aromatic rings. The predicted octanol–water partition coefficient (Wildman–Crippen LogP) is 5.62. The maximum atomic E-state index is 13.2. The van der Waals surface area contributed by atoms with E-state index in [0.29, 0.717) is 16.9 Å². The minimum atomic E-state index is -0.809. The zero-order valence-corrected chi connectivity index (χ0v) is 19.5. The Labute approximate surface area is 181 Å². The van der Waals surface area contributed by atoms with E-state index in [9.17, 15) is 9.59 Å². The minimum absolute atomic E-state index is 0.0513. The molecule has 2 bridgehead atoms. The number of hydrogen-bond acceptors (Lipinski definition) is 4. The Morgan fingerprint density at radius 3 is 2.37 bits per heavy atom. The van der Waals surface area contributed by atoms with E-state index in [0.717, 1.165) is 25.7 Å². The minimum Gasteiger partial charge on any atom is -0.468 e. The fourth-order valence-corrected chi connectivity index (χ4v) is 8.04. The molecule has 0 radical (unpaired) electrons. The molecule has 4 aliphatic rings. The smallest absolute Gasteiger partial charge is 0.333 e. The van der Waals surface area contributed by atoms with Crippen LogP contribution in [0.2, 0.25) is 0 Å². The average Bonchev–Trinajstić information content (AvgIpc) is 2.97. The molecule has 0 aliphatic heterocycles. The van der Waals surface area contributed by atoms with Gasteiger partial charge >= 0.3 is 11.9 Å². The number of carbonyl (C=O) groups excluding carboxylic acids is 2. The molecule has 0 N–H and O–H groups in total. The first-order chi connectivity index (χ1) is 14.0. The van der Waals surface area contributed by atoms with Gasteiger partial charge in [-0.15, -0.1) is 0 Å². The predicted molar refractivity (Wildman–Crippen MR) is 117 cm³/mol. The van der Waals surface area contributed by atoms with E-state index in [1.807, 2.05) is 13.8 Å². The van der Waals surface area contributed by atoms with Gasteiger partial charge in [-0.25, -0.2) is 4.79 Å². The highest BCUT2D eigenvalue weighted by molar-refractivity contribution is 5.88. The summed E-state index contributed by atoms with van der Waals surface area (Å²) in [6, 6.07) is 0. The van der Waals surface area contributed by atoms with Crippen LogP contribution in [0.5, 0.6) is 0 Å². The van der Waals surface area contributed by atoms with Gasteiger partial charge in [0.25, 0.3) is 0 Å². The van der Waals surface area contributed by atoms with E-state index in [2.05, 4.69) is 26.0 Å². The second-order valence-electron chi connectivity index (χ2n) is 11.3. The number of allylic oxidation sites excluding steroid dienone is 3. The van der Waals surface area contributed by atoms with Crippen molar-refractivity contribution in [3.05, 3.63) is 23.8 Å². The zero-order chi connectivity index (χ0) is 21.9. The molecule has 0 saturated heterocycles. The molecule has 7 unspecified atom stereocenters. The van der Waals surface area contributed by atoms with Crippen LogP contribution in [0.1, 0.15) is 79.6 Å². The van der Waals surface area contributed by atoms with Gasteiger partial charge in [0.15, 0.2) is 0 Å². The molecule has 30 heavy (non-hydrogen) atoms. The molecule has 0 heterocycles. The van der Waals surface area contributed by atoms with Crippen LogP contribution in [0.25, 0.3) is 0 Å². The number of methoxy groups -OCH3 is 1. The van der Waals surface area contributed by atoms with Crippen molar-refractivity contribution >= 4 is 11.9 Å². The van der Waals surface area contributed by atoms with Gasteiger partial charge in [0.05, 0.1) is 7.11 Å². The Morgan fingerprint density at radius 1 is 1.00 bits per heavy atom. The standard InChI is InChI=1S/C26H38O4/c1-7-17(2)21(27)30-20-10-12-24(4)18(25(20,5)22(28)29-6)9-13-26-15-14-23(3,16-26)11-8-19(24)26/h7,14-15,18-20H,8-13,16H2,1-6H3. The molecule has 4 nitrogen and oxygen atoms in total. The molecule has 4 rings (SSSR count). The molecule has 166 valence electrons. The highest BCUT2D eigenvalue weighted by atomic mass is 16.6. The lowest BCUT2D eigenvalue weighted by Crippen LogP contribution is -2.63. The van der Waals surface area contributed by atoms with Crippen molar-refractivity contribution in [3.8, 4) is 0 Å². The number of rotatable bonds is 3. The maximum Gasteiger partial charge on any atom is 0.333 e. The van der Waals surface area contributed by atoms with Crippen molar-refractivity contribution in [2.75, 3.05) is 7.11 Å². The first kappa shape index (κ1) is 21.6. The van der Waals surface area contributed by atoms with Crippen molar-refractivity contribution in [2.24, 2.45) is 33.5 Å². The normalized spacial score (nSPS) is 47.3. The number of hydrogen-bond donors (Lipinski definition) is 0. The van der Waals surface area contributed by atoms with Gasteiger partial charge in [0.1, 0.15) is 11.5 Å². The Hall–Kier alpha value is -1.58. The Balaban J connectivity index is 1.70. The van der Waals surface area contributed by atoms with Gasteiger partial charge in [-0.3, -0.25) is 4.79 Å². The Morgan fingerprint density at radius 2 is 1.70 bits per heavy atom. The summed E-state index contributed by atoms with van der Waals surface area (Å²) in [6.07, 6.45) is 13.8. The third-order valence-corrected chi connectivity index (χ3v) is 9.71. The largest absolute Gasteiger partial charge is 0.468 e. The van der Waals surface area contributed by atoms with Crippen molar-refractivity contribution in [3.63, 3.8) is 0 Å². The summed E-state index contributed by atoms with van der Waals surface area (Å²) in [6.45, 7) is 10.4. The molecule has 1 spiro atoms. The van der Waals surface area contributed by atoms with E-state index >= 15 is 0 Å². The summed E-state index contributed by atoms with van der Waals surface area (Å²) < 4.78 is 11.3. The second-order valence-corrected chi connectivity index (χ2v) is 11.3. The molecule has 0 aromatic carbocycles. The van der Waals surface area contributed by atoms with Crippen LogP contribution in [0.4, 0.5) is 0 Å². The quantitative estimate of drug-likeness (QED) is 0.342. The van der Waals surface area contributed by atoms with Gasteiger partial charge < -0.3 is 9.47 Å². The fourth-order valence-electron chi connectivity index (χ4n) is 8.04. The number of carbonyl (C=O) groups is 2. The lowest BCUT2D eigenvalue weighted by atomic mass is 9.40. The van der Waals surface area contributed by atoms with Crippen molar-refractivity contribution in [2.45, 2.75) is 85.7 Å². The van der Waals surface area contributed by atoms with Gasteiger partial charge in [-0.05, 0) is 93.8 Å². The van der Waals surface area contributed by atoms with Gasteiger partial charge in [0.2, 0.25) is 0 Å². The molecule has 4 heteroatoms. The maximum absolute atomic E-state index is 13.2. The highest BCUT2D eigenvalue weighted by Crippen LogP contribution is 2.72. The monoisotopic (exact) mass is 414 g/mol. The third-order valence-electron chi connectivity index (χ3n) is 9.71. The van der Waals surface area contributed by atoms with Crippen LogP contribution in [-0.2, 0) is 19.1 Å². The summed E-state index contributed by atoms with van der Waals surface area (Å²) >= 11 is 0. The summed E-state index contributed by atoms with van der Waals surface area (Å²) in [5.41, 5.74) is 0.453. The number of fused-ring (bicyclic) bond motifs is 3. The molecule has 4 aliphatic carbocycles. The molecule has 3 saturated carbocycles. The highest BCUT2D eigenvalue weighted by Gasteiger charge is 2.68. The van der Waals surface area contributed by atoms with Crippen LogP contribution < -0.4 is 0 Å². The second kappa shape index (κ2) is 6.97. The molecule has 3 fully saturated rings. The van der Waals surface area contributed by atoms with Crippen LogP contribution in [-0.4, -0.2) is 25.2 Å². The first-order valence-electron chi connectivity index (χ1n) is 11.7. The summed E-state index contributed by atoms with van der Waals surface area (Å²) in [4.78, 5) is 25.8. The van der Waals surface area contributed by atoms with E-state index in [1.54, 1.807) is 13.0 Å². The van der Waals surface area contributed by atoms with E-state index in [1.165, 1.54) is 26.4 Å². The summed E-state index contributed by atoms with van der Waals surface area (Å²) in [5.74, 6) is 0.186. The van der Waals surface area contributed by atoms with Gasteiger partial charge in [-0.1, -0.05) is 32.1 Å². The molecule has 7 atom stereocenters. The number of ether oxygens (including phenoxy) is 2. The van der Waals surface area contributed by atoms with Crippen molar-refractivity contribution < 1.29 is 19.1 Å². The van der Waals surface area contributed by atoms with Gasteiger partial charge in [-0.2, -0.15) is 0 Å². The number of esters is 2. The van der Waals surface area contributed by atoms with Crippen molar-refractivity contribution in [1.82, 2.24) is 0 Å². The SMILES string of the molecule is CC=C(C)C(=O)OC1CCC2(C)C3CCC4(C)C=CC3(CCC2C1(C)C(=O)OC)C4. The molecule has 0 aromatic heterocycles. The van der Waals surface area contributed by atoms with Crippen LogP contribution >= 0.6 is 0 Å². The third kappa shape index (κ3) is 2.85. The van der Waals surface area contributed by atoms with Gasteiger partial charge in [0, 0.05) is 5.57 Å². The van der Waals surface area contributed by atoms with E-state index in [4.69, 9.17) is 9.47 Å². The molecular formula is C26H38O4. The lowest BCUT2D eigenvalue weighted by molar-refractivity contribution is -0.212. The summed E-state index contributed by atoms with van der Waals surface area (Å²) in [5, 5.41) is 0.